The molecule has 0 saturated carbocycles. The van der Waals surface area contributed by atoms with Crippen LogP contribution in [-0.2, 0) is 14.3 Å². The Bertz CT molecular complexity index is 631. The van der Waals surface area contributed by atoms with Crippen molar-refractivity contribution in [1.29, 1.82) is 0 Å². The Morgan fingerprint density at radius 2 is 1.88 bits per heavy atom. The zero-order valence-corrected chi connectivity index (χ0v) is 15.0. The van der Waals surface area contributed by atoms with Gasteiger partial charge in [0.15, 0.2) is 6.61 Å². The summed E-state index contributed by atoms with van der Waals surface area (Å²) in [5.41, 5.74) is 0. The molecule has 1 unspecified atom stereocenters. The van der Waals surface area contributed by atoms with Crippen LogP contribution >= 0.6 is 0 Å². The molecule has 0 radical (unpaired) electrons. The van der Waals surface area contributed by atoms with E-state index < -0.39 is 0 Å². The molecule has 0 spiro atoms. The number of carbonyl (C=O) groups is 2. The van der Waals surface area contributed by atoms with E-state index in [0.717, 1.165) is 19.3 Å². The van der Waals surface area contributed by atoms with Crippen LogP contribution in [0.25, 0.3) is 0 Å². The Morgan fingerprint density at radius 3 is 2.54 bits per heavy atom. The second kappa shape index (κ2) is 8.49. The molecule has 142 valence electrons. The SMILES string of the molecule is CC(=O)N(C1CCOCC1)C1CCN(C(=O)COc2ccc(F)cc2)C1. The third-order valence-electron chi connectivity index (χ3n) is 5.03. The number of hydrogen-bond acceptors (Lipinski definition) is 4. The molecule has 0 aromatic heterocycles. The first-order valence-electron chi connectivity index (χ1n) is 9.07. The second-order valence-electron chi connectivity index (χ2n) is 6.79. The molecule has 1 atom stereocenters. The number of benzene rings is 1. The van der Waals surface area contributed by atoms with Crippen molar-refractivity contribution in [2.75, 3.05) is 32.9 Å². The lowest BCUT2D eigenvalue weighted by atomic mass is 10.0. The fourth-order valence-corrected chi connectivity index (χ4v) is 3.74. The number of hydrogen-bond donors (Lipinski definition) is 0. The average molecular weight is 364 g/mol. The molecule has 26 heavy (non-hydrogen) atoms. The lowest BCUT2D eigenvalue weighted by Crippen LogP contribution is -2.49. The summed E-state index contributed by atoms with van der Waals surface area (Å²) in [4.78, 5) is 28.3. The molecule has 6 nitrogen and oxygen atoms in total. The van der Waals surface area contributed by atoms with E-state index in [2.05, 4.69) is 0 Å². The van der Waals surface area contributed by atoms with Crippen LogP contribution in [0.3, 0.4) is 0 Å². The van der Waals surface area contributed by atoms with Crippen molar-refractivity contribution in [2.24, 2.45) is 0 Å². The van der Waals surface area contributed by atoms with Gasteiger partial charge in [0.25, 0.3) is 5.91 Å². The van der Waals surface area contributed by atoms with Gasteiger partial charge in [0.2, 0.25) is 5.91 Å². The van der Waals surface area contributed by atoms with Gasteiger partial charge in [-0.2, -0.15) is 0 Å². The van der Waals surface area contributed by atoms with Gasteiger partial charge in [0, 0.05) is 39.3 Å². The van der Waals surface area contributed by atoms with Gasteiger partial charge in [-0.05, 0) is 43.5 Å². The van der Waals surface area contributed by atoms with Crippen molar-refractivity contribution in [2.45, 2.75) is 38.3 Å². The fraction of sp³-hybridized carbons (Fsp3) is 0.579. The summed E-state index contributed by atoms with van der Waals surface area (Å²) in [5, 5.41) is 0. The molecule has 2 amide bonds. The van der Waals surface area contributed by atoms with E-state index in [-0.39, 0.29) is 36.3 Å². The third kappa shape index (κ3) is 4.52. The predicted molar refractivity (Wildman–Crippen MR) is 93.2 cm³/mol. The van der Waals surface area contributed by atoms with Crippen LogP contribution in [0.4, 0.5) is 4.39 Å². The molecule has 7 heteroatoms. The standard InChI is InChI=1S/C19H25FN2O4/c1-14(23)22(16-7-10-25-11-8-16)17-6-9-21(12-17)19(24)13-26-18-4-2-15(20)3-5-18/h2-5,16-17H,6-13H2,1H3. The van der Waals surface area contributed by atoms with E-state index in [1.165, 1.54) is 24.3 Å². The Balaban J connectivity index is 1.53. The minimum atomic E-state index is -0.344. The van der Waals surface area contributed by atoms with E-state index in [4.69, 9.17) is 9.47 Å². The molecule has 0 aliphatic carbocycles. The molecule has 1 aromatic rings. The normalized spacial score (nSPS) is 20.8. The summed E-state index contributed by atoms with van der Waals surface area (Å²) in [6.07, 6.45) is 2.47. The molecule has 1 aromatic carbocycles. The Morgan fingerprint density at radius 1 is 1.19 bits per heavy atom. The van der Waals surface area contributed by atoms with Gasteiger partial charge in [-0.3, -0.25) is 9.59 Å². The van der Waals surface area contributed by atoms with E-state index in [9.17, 15) is 14.0 Å². The van der Waals surface area contributed by atoms with Crippen LogP contribution in [0.2, 0.25) is 0 Å². The van der Waals surface area contributed by atoms with Gasteiger partial charge in [-0.15, -0.1) is 0 Å². The highest BCUT2D eigenvalue weighted by molar-refractivity contribution is 5.78. The number of rotatable bonds is 5. The molecule has 2 saturated heterocycles. The van der Waals surface area contributed by atoms with Gasteiger partial charge in [0.1, 0.15) is 11.6 Å². The zero-order chi connectivity index (χ0) is 18.5. The largest absolute Gasteiger partial charge is 0.484 e. The molecule has 2 heterocycles. The van der Waals surface area contributed by atoms with Crippen LogP contribution < -0.4 is 4.74 Å². The number of halogens is 1. The van der Waals surface area contributed by atoms with E-state index >= 15 is 0 Å². The lowest BCUT2D eigenvalue weighted by Gasteiger charge is -2.37. The smallest absolute Gasteiger partial charge is 0.260 e. The predicted octanol–water partition coefficient (Wildman–Crippen LogP) is 1.83. The van der Waals surface area contributed by atoms with Gasteiger partial charge in [-0.25, -0.2) is 4.39 Å². The molecule has 0 N–H and O–H groups in total. The monoisotopic (exact) mass is 364 g/mol. The Kier molecular flexibility index (Phi) is 6.08. The third-order valence-corrected chi connectivity index (χ3v) is 5.03. The van der Waals surface area contributed by atoms with Crippen molar-refractivity contribution >= 4 is 11.8 Å². The maximum absolute atomic E-state index is 12.9. The van der Waals surface area contributed by atoms with E-state index in [0.29, 0.717) is 32.1 Å². The fourth-order valence-electron chi connectivity index (χ4n) is 3.74. The molecule has 0 bridgehead atoms. The van der Waals surface area contributed by atoms with E-state index in [1.54, 1.807) is 11.8 Å². The van der Waals surface area contributed by atoms with Crippen molar-refractivity contribution in [3.05, 3.63) is 30.1 Å². The average Bonchev–Trinajstić information content (AvgIpc) is 3.11. The summed E-state index contributed by atoms with van der Waals surface area (Å²) >= 11 is 0. The molecule has 2 aliphatic heterocycles. The summed E-state index contributed by atoms with van der Waals surface area (Å²) in [5.74, 6) is 0.0534. The topological polar surface area (TPSA) is 59.1 Å². The first kappa shape index (κ1) is 18.6. The molecule has 3 rings (SSSR count). The maximum Gasteiger partial charge on any atom is 0.260 e. The first-order chi connectivity index (χ1) is 12.5. The zero-order valence-electron chi connectivity index (χ0n) is 15.0. The first-order valence-corrected chi connectivity index (χ1v) is 9.07. The Hall–Kier alpha value is -2.15. The second-order valence-corrected chi connectivity index (χ2v) is 6.79. The highest BCUT2D eigenvalue weighted by Crippen LogP contribution is 2.23. The minimum Gasteiger partial charge on any atom is -0.484 e. The quantitative estimate of drug-likeness (QED) is 0.800. The Labute approximate surface area is 152 Å². The molecule has 2 aliphatic rings. The molecular formula is C19H25FN2O4. The summed E-state index contributed by atoms with van der Waals surface area (Å²) in [6, 6.07) is 5.83. The number of likely N-dealkylation sites (tertiary alicyclic amines) is 1. The van der Waals surface area contributed by atoms with Gasteiger partial charge in [0.05, 0.1) is 6.04 Å². The van der Waals surface area contributed by atoms with Gasteiger partial charge in [-0.1, -0.05) is 0 Å². The van der Waals surface area contributed by atoms with Crippen LogP contribution in [0.15, 0.2) is 24.3 Å². The van der Waals surface area contributed by atoms with Crippen molar-refractivity contribution in [1.82, 2.24) is 9.80 Å². The molecule has 2 fully saturated rings. The van der Waals surface area contributed by atoms with Crippen LogP contribution in [0.1, 0.15) is 26.2 Å². The van der Waals surface area contributed by atoms with Crippen molar-refractivity contribution in [3.63, 3.8) is 0 Å². The number of nitrogens with zero attached hydrogens (tertiary/aromatic N) is 2. The minimum absolute atomic E-state index is 0.0466. The summed E-state index contributed by atoms with van der Waals surface area (Å²) in [6.45, 7) is 4.00. The molecular weight excluding hydrogens is 339 g/mol. The number of ether oxygens (including phenoxy) is 2. The highest BCUT2D eigenvalue weighted by Gasteiger charge is 2.36. The lowest BCUT2D eigenvalue weighted by molar-refractivity contribution is -0.137. The van der Waals surface area contributed by atoms with Gasteiger partial charge < -0.3 is 19.3 Å². The van der Waals surface area contributed by atoms with Crippen LogP contribution in [0.5, 0.6) is 5.75 Å². The van der Waals surface area contributed by atoms with Crippen LogP contribution in [0, 0.1) is 5.82 Å². The summed E-state index contributed by atoms with van der Waals surface area (Å²) < 4.78 is 23.7. The highest BCUT2D eigenvalue weighted by atomic mass is 19.1. The maximum atomic E-state index is 12.9. The van der Waals surface area contributed by atoms with Crippen LogP contribution in [-0.4, -0.2) is 66.6 Å². The number of carbonyl (C=O) groups excluding carboxylic acids is 2. The number of amides is 2. The van der Waals surface area contributed by atoms with Crippen molar-refractivity contribution < 1.29 is 23.5 Å². The van der Waals surface area contributed by atoms with Gasteiger partial charge >= 0.3 is 0 Å². The summed E-state index contributed by atoms with van der Waals surface area (Å²) in [7, 11) is 0. The van der Waals surface area contributed by atoms with Crippen molar-refractivity contribution in [3.8, 4) is 5.75 Å². The van der Waals surface area contributed by atoms with E-state index in [1.807, 2.05) is 4.90 Å².